The van der Waals surface area contributed by atoms with E-state index in [-0.39, 0.29) is 12.5 Å². The van der Waals surface area contributed by atoms with Gasteiger partial charge in [-0.25, -0.2) is 18.4 Å². The molecule has 2 aromatic rings. The average molecular weight is 377 g/mol. The first kappa shape index (κ1) is 18.8. The number of nitrogens with one attached hydrogen (secondary N) is 1. The number of carbonyl (C=O) groups is 2. The highest BCUT2D eigenvalue weighted by molar-refractivity contribution is 5.81. The lowest BCUT2D eigenvalue weighted by atomic mass is 9.98. The number of alkyl halides is 2. The van der Waals surface area contributed by atoms with Gasteiger partial charge in [0.05, 0.1) is 0 Å². The molecule has 142 valence electrons. The molecule has 0 fully saturated rings. The lowest BCUT2D eigenvalue weighted by Gasteiger charge is -2.20. The third kappa shape index (κ3) is 3.75. The van der Waals surface area contributed by atoms with Crippen LogP contribution in [0.2, 0.25) is 0 Å². The van der Waals surface area contributed by atoms with Gasteiger partial charge in [-0.2, -0.15) is 0 Å². The van der Waals surface area contributed by atoms with Gasteiger partial charge in [0, 0.05) is 5.92 Å². The standard InChI is InChI=1S/C19H17F2NO5/c20-17(21)16(23)15(18(24)25)22-19(26)27-9-14-12-7-3-1-5-10(12)11-6-2-4-8-13(11)14/h1-8,14-17,23H,9H2,(H,22,26)(H,24,25). The van der Waals surface area contributed by atoms with Crippen molar-refractivity contribution in [1.29, 1.82) is 0 Å². The van der Waals surface area contributed by atoms with Crippen molar-refractivity contribution in [2.75, 3.05) is 6.61 Å². The molecule has 2 atom stereocenters. The van der Waals surface area contributed by atoms with Crippen LogP contribution < -0.4 is 5.32 Å². The zero-order valence-corrected chi connectivity index (χ0v) is 14.0. The fraction of sp³-hybridized carbons (Fsp3) is 0.263. The van der Waals surface area contributed by atoms with Crippen LogP contribution in [0.25, 0.3) is 11.1 Å². The van der Waals surface area contributed by atoms with Crippen molar-refractivity contribution in [3.63, 3.8) is 0 Å². The Labute approximate surface area is 153 Å². The molecule has 3 N–H and O–H groups in total. The third-order valence-electron chi connectivity index (χ3n) is 4.48. The van der Waals surface area contributed by atoms with Crippen molar-refractivity contribution in [1.82, 2.24) is 5.32 Å². The van der Waals surface area contributed by atoms with E-state index in [1.54, 1.807) is 5.32 Å². The maximum Gasteiger partial charge on any atom is 0.407 e. The van der Waals surface area contributed by atoms with Crippen molar-refractivity contribution in [3.05, 3.63) is 59.7 Å². The monoisotopic (exact) mass is 377 g/mol. The number of carbonyl (C=O) groups excluding carboxylic acids is 1. The van der Waals surface area contributed by atoms with E-state index in [0.29, 0.717) is 0 Å². The first-order valence-electron chi connectivity index (χ1n) is 8.20. The van der Waals surface area contributed by atoms with Crippen molar-refractivity contribution in [3.8, 4) is 11.1 Å². The molecule has 1 amide bonds. The molecule has 2 aromatic carbocycles. The lowest BCUT2D eigenvalue weighted by Crippen LogP contribution is -2.51. The Kier molecular flexibility index (Phi) is 5.36. The number of carboxylic acid groups (broad SMARTS) is 1. The van der Waals surface area contributed by atoms with Crippen LogP contribution >= 0.6 is 0 Å². The molecule has 0 radical (unpaired) electrons. The number of carboxylic acids is 1. The van der Waals surface area contributed by atoms with E-state index < -0.39 is 30.6 Å². The van der Waals surface area contributed by atoms with Gasteiger partial charge in [-0.3, -0.25) is 0 Å². The van der Waals surface area contributed by atoms with Crippen LogP contribution in [0.1, 0.15) is 17.0 Å². The lowest BCUT2D eigenvalue weighted by molar-refractivity contribution is -0.146. The van der Waals surface area contributed by atoms with Gasteiger partial charge in [0.25, 0.3) is 6.43 Å². The number of ether oxygens (including phenoxy) is 1. The number of halogens is 2. The Morgan fingerprint density at radius 1 is 1.04 bits per heavy atom. The molecule has 0 heterocycles. The van der Waals surface area contributed by atoms with E-state index >= 15 is 0 Å². The Bertz CT molecular complexity index is 812. The van der Waals surface area contributed by atoms with E-state index in [2.05, 4.69) is 0 Å². The minimum absolute atomic E-state index is 0.100. The van der Waals surface area contributed by atoms with Crippen LogP contribution in [0.3, 0.4) is 0 Å². The smallest absolute Gasteiger partial charge is 0.407 e. The molecule has 0 spiro atoms. The SMILES string of the molecule is O=C(NC(C(=O)O)C(O)C(F)F)OCC1c2ccccc2-c2ccccc21. The van der Waals surface area contributed by atoms with Gasteiger partial charge in [-0.05, 0) is 22.3 Å². The summed E-state index contributed by atoms with van der Waals surface area (Å²) in [7, 11) is 0. The van der Waals surface area contributed by atoms with E-state index in [9.17, 15) is 23.5 Å². The second-order valence-electron chi connectivity index (χ2n) is 6.11. The molecule has 6 nitrogen and oxygen atoms in total. The quantitative estimate of drug-likeness (QED) is 0.719. The molecule has 0 aromatic heterocycles. The molecule has 0 saturated heterocycles. The molecule has 1 aliphatic rings. The van der Waals surface area contributed by atoms with Gasteiger partial charge in [-0.1, -0.05) is 48.5 Å². The summed E-state index contributed by atoms with van der Waals surface area (Å²) in [5.74, 6) is -2.04. The minimum atomic E-state index is -3.32. The summed E-state index contributed by atoms with van der Waals surface area (Å²) in [4.78, 5) is 22.9. The maximum atomic E-state index is 12.5. The fourth-order valence-electron chi connectivity index (χ4n) is 3.21. The molecule has 2 unspecified atom stereocenters. The number of benzene rings is 2. The van der Waals surface area contributed by atoms with Crippen molar-refractivity contribution in [2.24, 2.45) is 0 Å². The first-order valence-corrected chi connectivity index (χ1v) is 8.20. The predicted octanol–water partition coefficient (Wildman–Crippen LogP) is 2.60. The zero-order valence-electron chi connectivity index (χ0n) is 14.0. The summed E-state index contributed by atoms with van der Waals surface area (Å²) in [6.07, 6.45) is -7.05. The topological polar surface area (TPSA) is 95.9 Å². The van der Waals surface area contributed by atoms with Crippen LogP contribution in [-0.4, -0.2) is 47.5 Å². The first-order chi connectivity index (χ1) is 12.9. The number of rotatable bonds is 6. The predicted molar refractivity (Wildman–Crippen MR) is 91.6 cm³/mol. The molecule has 0 aliphatic heterocycles. The Hall–Kier alpha value is -3.00. The van der Waals surface area contributed by atoms with Gasteiger partial charge < -0.3 is 20.3 Å². The van der Waals surface area contributed by atoms with Crippen LogP contribution in [0.4, 0.5) is 13.6 Å². The Balaban J connectivity index is 1.71. The summed E-state index contributed by atoms with van der Waals surface area (Å²) in [5, 5.41) is 19.9. The Morgan fingerprint density at radius 2 is 1.56 bits per heavy atom. The summed E-state index contributed by atoms with van der Waals surface area (Å²) < 4.78 is 30.2. The molecule has 0 bridgehead atoms. The van der Waals surface area contributed by atoms with Gasteiger partial charge in [0.2, 0.25) is 0 Å². The summed E-state index contributed by atoms with van der Waals surface area (Å²) in [6.45, 7) is -0.100. The summed E-state index contributed by atoms with van der Waals surface area (Å²) in [5.41, 5.74) is 3.93. The molecule has 27 heavy (non-hydrogen) atoms. The number of amides is 1. The van der Waals surface area contributed by atoms with Crippen molar-refractivity contribution < 1.29 is 33.3 Å². The van der Waals surface area contributed by atoms with Crippen LogP contribution in [0, 0.1) is 0 Å². The second kappa shape index (κ2) is 7.71. The minimum Gasteiger partial charge on any atom is -0.480 e. The van der Waals surface area contributed by atoms with E-state index in [1.165, 1.54) is 0 Å². The molecule has 3 rings (SSSR count). The molecule has 8 heteroatoms. The Morgan fingerprint density at radius 3 is 2.04 bits per heavy atom. The number of aliphatic hydroxyl groups is 1. The molecular weight excluding hydrogens is 360 g/mol. The van der Waals surface area contributed by atoms with Crippen LogP contribution in [0.5, 0.6) is 0 Å². The van der Waals surface area contributed by atoms with Crippen molar-refractivity contribution in [2.45, 2.75) is 24.5 Å². The molecule has 0 saturated carbocycles. The normalized spacial score (nSPS) is 15.0. The summed E-state index contributed by atoms with van der Waals surface area (Å²) >= 11 is 0. The van der Waals surface area contributed by atoms with Gasteiger partial charge in [0.1, 0.15) is 12.7 Å². The number of fused-ring (bicyclic) bond motifs is 3. The van der Waals surface area contributed by atoms with E-state index in [1.807, 2.05) is 48.5 Å². The van der Waals surface area contributed by atoms with Crippen LogP contribution in [0.15, 0.2) is 48.5 Å². The number of aliphatic carboxylic acids is 1. The number of hydrogen-bond acceptors (Lipinski definition) is 4. The third-order valence-corrected chi connectivity index (χ3v) is 4.48. The number of hydrogen-bond donors (Lipinski definition) is 3. The average Bonchev–Trinajstić information content (AvgIpc) is 2.97. The largest absolute Gasteiger partial charge is 0.480 e. The highest BCUT2D eigenvalue weighted by atomic mass is 19.3. The molecular formula is C19H17F2NO5. The van der Waals surface area contributed by atoms with Crippen LogP contribution in [-0.2, 0) is 9.53 Å². The van der Waals surface area contributed by atoms with Gasteiger partial charge in [-0.15, -0.1) is 0 Å². The number of aliphatic hydroxyl groups excluding tert-OH is 1. The van der Waals surface area contributed by atoms with E-state index in [0.717, 1.165) is 22.3 Å². The van der Waals surface area contributed by atoms with Gasteiger partial charge >= 0.3 is 12.1 Å². The fourth-order valence-corrected chi connectivity index (χ4v) is 3.21. The highest BCUT2D eigenvalue weighted by Crippen LogP contribution is 2.44. The summed E-state index contributed by atoms with van der Waals surface area (Å²) in [6, 6.07) is 13.1. The molecule has 1 aliphatic carbocycles. The van der Waals surface area contributed by atoms with Crippen molar-refractivity contribution >= 4 is 12.1 Å². The highest BCUT2D eigenvalue weighted by Gasteiger charge is 2.35. The maximum absolute atomic E-state index is 12.5. The van der Waals surface area contributed by atoms with E-state index in [4.69, 9.17) is 9.84 Å². The second-order valence-corrected chi connectivity index (χ2v) is 6.11. The zero-order chi connectivity index (χ0) is 19.6. The number of alkyl carbamates (subject to hydrolysis) is 1. The van der Waals surface area contributed by atoms with Gasteiger partial charge in [0.15, 0.2) is 6.04 Å².